The summed E-state index contributed by atoms with van der Waals surface area (Å²) in [5, 5.41) is 8.56. The Balaban J connectivity index is 1.81. The van der Waals surface area contributed by atoms with E-state index in [1.807, 2.05) is 44.4 Å². The van der Waals surface area contributed by atoms with Gasteiger partial charge in [0.15, 0.2) is 0 Å². The SMILES string of the molecule is C[C@H]1COCCO[C@H](C)c2cncc(c2)-c2n[nH]c3ccc(cc23)O1. The van der Waals surface area contributed by atoms with Crippen LogP contribution in [0.4, 0.5) is 0 Å². The van der Waals surface area contributed by atoms with Gasteiger partial charge in [-0.15, -0.1) is 0 Å². The lowest BCUT2D eigenvalue weighted by Gasteiger charge is -2.16. The van der Waals surface area contributed by atoms with E-state index in [2.05, 4.69) is 21.2 Å². The van der Waals surface area contributed by atoms with E-state index in [9.17, 15) is 0 Å². The van der Waals surface area contributed by atoms with Crippen LogP contribution in [0, 0.1) is 0 Å². The first-order valence-corrected chi connectivity index (χ1v) is 8.50. The third-order valence-corrected chi connectivity index (χ3v) is 4.32. The molecule has 6 nitrogen and oxygen atoms in total. The van der Waals surface area contributed by atoms with Crippen molar-refractivity contribution in [2.75, 3.05) is 19.8 Å². The van der Waals surface area contributed by atoms with Gasteiger partial charge in [0.25, 0.3) is 0 Å². The van der Waals surface area contributed by atoms with Crippen LogP contribution >= 0.6 is 0 Å². The molecule has 6 heteroatoms. The quantitative estimate of drug-likeness (QED) is 0.679. The number of ether oxygens (including phenoxy) is 3. The Morgan fingerprint density at radius 3 is 2.96 bits per heavy atom. The van der Waals surface area contributed by atoms with Crippen LogP contribution in [0.15, 0.2) is 36.7 Å². The van der Waals surface area contributed by atoms with E-state index in [-0.39, 0.29) is 12.2 Å². The van der Waals surface area contributed by atoms with E-state index in [0.29, 0.717) is 19.8 Å². The molecule has 1 N–H and O–H groups in total. The number of aromatic nitrogens is 3. The van der Waals surface area contributed by atoms with E-state index in [4.69, 9.17) is 14.2 Å². The fourth-order valence-corrected chi connectivity index (χ4v) is 2.99. The van der Waals surface area contributed by atoms with Crippen LogP contribution in [-0.4, -0.2) is 41.1 Å². The van der Waals surface area contributed by atoms with E-state index in [0.717, 1.165) is 33.5 Å². The minimum Gasteiger partial charge on any atom is -0.488 e. The summed E-state index contributed by atoms with van der Waals surface area (Å²) in [6.07, 6.45) is 3.55. The molecule has 0 aliphatic carbocycles. The fraction of sp³-hybridized carbons (Fsp3) is 0.368. The largest absolute Gasteiger partial charge is 0.488 e. The molecule has 1 aliphatic rings. The van der Waals surface area contributed by atoms with Crippen molar-refractivity contribution in [1.82, 2.24) is 15.2 Å². The fourth-order valence-electron chi connectivity index (χ4n) is 2.99. The molecule has 0 spiro atoms. The molecular weight excluding hydrogens is 318 g/mol. The standard InChI is InChI=1S/C19H21N3O3/c1-12-11-23-5-6-24-13(2)14-7-15(10-20-9-14)19-17-8-16(25-12)3-4-18(17)21-22-19/h3-4,7-10,12-13H,5-6,11H2,1-2H3,(H,21,22)/t12-,13+/m0/s1. The van der Waals surface area contributed by atoms with Crippen LogP contribution in [-0.2, 0) is 9.47 Å². The second-order valence-corrected chi connectivity index (χ2v) is 6.30. The number of aromatic amines is 1. The molecule has 4 bridgehead atoms. The zero-order valence-electron chi connectivity index (χ0n) is 14.4. The number of hydrogen-bond donors (Lipinski definition) is 1. The van der Waals surface area contributed by atoms with Gasteiger partial charge in [-0.1, -0.05) is 0 Å². The van der Waals surface area contributed by atoms with Crippen molar-refractivity contribution in [3.63, 3.8) is 0 Å². The lowest BCUT2D eigenvalue weighted by Crippen LogP contribution is -2.20. The summed E-state index contributed by atoms with van der Waals surface area (Å²) in [4.78, 5) is 4.37. The highest BCUT2D eigenvalue weighted by molar-refractivity contribution is 5.93. The van der Waals surface area contributed by atoms with Gasteiger partial charge < -0.3 is 14.2 Å². The van der Waals surface area contributed by atoms with E-state index in [1.165, 1.54) is 0 Å². The van der Waals surface area contributed by atoms with Gasteiger partial charge >= 0.3 is 0 Å². The number of nitrogens with one attached hydrogen (secondary N) is 1. The Kier molecular flexibility index (Phi) is 4.38. The van der Waals surface area contributed by atoms with Gasteiger partial charge in [-0.2, -0.15) is 5.10 Å². The summed E-state index contributed by atoms with van der Waals surface area (Å²) >= 11 is 0. The van der Waals surface area contributed by atoms with E-state index < -0.39 is 0 Å². The summed E-state index contributed by atoms with van der Waals surface area (Å²) in [5.41, 5.74) is 3.80. The van der Waals surface area contributed by atoms with Gasteiger partial charge in [-0.3, -0.25) is 10.1 Å². The van der Waals surface area contributed by atoms with Crippen LogP contribution in [0.25, 0.3) is 22.2 Å². The molecule has 1 aliphatic heterocycles. The predicted octanol–water partition coefficient (Wildman–Crippen LogP) is 3.50. The molecule has 2 aromatic heterocycles. The first-order valence-electron chi connectivity index (χ1n) is 8.50. The summed E-state index contributed by atoms with van der Waals surface area (Å²) in [6, 6.07) is 8.01. The molecule has 3 aromatic rings. The molecule has 0 radical (unpaired) electrons. The Morgan fingerprint density at radius 1 is 1.12 bits per heavy atom. The zero-order chi connectivity index (χ0) is 17.2. The zero-order valence-corrected chi connectivity index (χ0v) is 14.4. The average molecular weight is 339 g/mol. The molecular formula is C19H21N3O3. The number of H-pyrrole nitrogens is 1. The second kappa shape index (κ2) is 6.82. The number of hydrogen-bond acceptors (Lipinski definition) is 5. The number of nitrogens with zero attached hydrogens (tertiary/aromatic N) is 2. The molecule has 130 valence electrons. The monoisotopic (exact) mass is 339 g/mol. The van der Waals surface area contributed by atoms with E-state index >= 15 is 0 Å². The van der Waals surface area contributed by atoms with Crippen molar-refractivity contribution >= 4 is 10.9 Å². The van der Waals surface area contributed by atoms with Gasteiger partial charge in [0.05, 0.1) is 31.4 Å². The van der Waals surface area contributed by atoms with Crippen molar-refractivity contribution in [3.8, 4) is 17.0 Å². The minimum absolute atomic E-state index is 0.0435. The molecule has 2 atom stereocenters. The number of rotatable bonds is 0. The Labute approximate surface area is 146 Å². The van der Waals surface area contributed by atoms with Crippen LogP contribution < -0.4 is 4.74 Å². The maximum Gasteiger partial charge on any atom is 0.120 e. The van der Waals surface area contributed by atoms with Gasteiger partial charge in [-0.05, 0) is 43.7 Å². The van der Waals surface area contributed by atoms with Crippen molar-refractivity contribution in [1.29, 1.82) is 0 Å². The molecule has 0 saturated heterocycles. The molecule has 1 aromatic carbocycles. The van der Waals surface area contributed by atoms with E-state index in [1.54, 1.807) is 0 Å². The predicted molar refractivity (Wildman–Crippen MR) is 94.6 cm³/mol. The van der Waals surface area contributed by atoms with Crippen LogP contribution in [0.1, 0.15) is 25.5 Å². The summed E-state index contributed by atoms with van der Waals surface area (Å²) in [5.74, 6) is 0.801. The normalized spacial score (nSPS) is 21.5. The van der Waals surface area contributed by atoms with Gasteiger partial charge in [0.2, 0.25) is 0 Å². The Morgan fingerprint density at radius 2 is 2.04 bits per heavy atom. The van der Waals surface area contributed by atoms with Crippen LogP contribution in [0.2, 0.25) is 0 Å². The van der Waals surface area contributed by atoms with Crippen LogP contribution in [0.5, 0.6) is 5.75 Å². The lowest BCUT2D eigenvalue weighted by atomic mass is 10.1. The molecule has 3 heterocycles. The first-order chi connectivity index (χ1) is 12.2. The highest BCUT2D eigenvalue weighted by atomic mass is 16.6. The molecule has 0 amide bonds. The van der Waals surface area contributed by atoms with Crippen molar-refractivity contribution in [2.24, 2.45) is 0 Å². The topological polar surface area (TPSA) is 69.3 Å². The third kappa shape index (κ3) is 3.36. The number of pyridine rings is 1. The highest BCUT2D eigenvalue weighted by Crippen LogP contribution is 2.31. The van der Waals surface area contributed by atoms with Gasteiger partial charge in [0.1, 0.15) is 17.5 Å². The van der Waals surface area contributed by atoms with Crippen LogP contribution in [0.3, 0.4) is 0 Å². The average Bonchev–Trinajstić information content (AvgIpc) is 3.04. The third-order valence-electron chi connectivity index (χ3n) is 4.32. The Hall–Kier alpha value is -2.44. The minimum atomic E-state index is -0.0596. The van der Waals surface area contributed by atoms with Crippen molar-refractivity contribution in [3.05, 3.63) is 42.2 Å². The first kappa shape index (κ1) is 16.1. The Bertz CT molecular complexity index is 877. The molecule has 4 rings (SSSR count). The van der Waals surface area contributed by atoms with Crippen molar-refractivity contribution in [2.45, 2.75) is 26.1 Å². The molecule has 0 fully saturated rings. The van der Waals surface area contributed by atoms with Crippen molar-refractivity contribution < 1.29 is 14.2 Å². The lowest BCUT2D eigenvalue weighted by molar-refractivity contribution is -0.00706. The molecule has 0 saturated carbocycles. The molecule has 25 heavy (non-hydrogen) atoms. The number of fused-ring (bicyclic) bond motifs is 4. The maximum absolute atomic E-state index is 5.97. The summed E-state index contributed by atoms with van der Waals surface area (Å²) in [6.45, 7) is 5.59. The van der Waals surface area contributed by atoms with Gasteiger partial charge in [0, 0.05) is 23.3 Å². The smallest absolute Gasteiger partial charge is 0.120 e. The van der Waals surface area contributed by atoms with Gasteiger partial charge in [-0.25, -0.2) is 0 Å². The highest BCUT2D eigenvalue weighted by Gasteiger charge is 2.14. The summed E-state index contributed by atoms with van der Waals surface area (Å²) in [7, 11) is 0. The maximum atomic E-state index is 5.97. The number of benzene rings is 1. The second-order valence-electron chi connectivity index (χ2n) is 6.30. The summed E-state index contributed by atoms with van der Waals surface area (Å²) < 4.78 is 17.5. The molecule has 0 unspecified atom stereocenters.